The summed E-state index contributed by atoms with van der Waals surface area (Å²) in [6.45, 7) is 1.54. The fourth-order valence-corrected chi connectivity index (χ4v) is 1.24. The molecule has 2 N–H and O–H groups in total. The molecule has 0 aliphatic carbocycles. The Bertz CT molecular complexity index is 346. The molecule has 1 rings (SSSR count). The molecule has 4 nitrogen and oxygen atoms in total. The van der Waals surface area contributed by atoms with E-state index in [1.165, 1.54) is 13.2 Å². The summed E-state index contributed by atoms with van der Waals surface area (Å²) in [4.78, 5) is 10.7. The number of rotatable bonds is 3. The molecule has 0 unspecified atom stereocenters. The smallest absolute Gasteiger partial charge is 0.310 e. The first kappa shape index (κ1) is 10.4. The van der Waals surface area contributed by atoms with Crippen molar-refractivity contribution in [2.75, 3.05) is 7.11 Å². The second kappa shape index (κ2) is 4.00. The van der Waals surface area contributed by atoms with E-state index in [2.05, 4.69) is 0 Å². The van der Waals surface area contributed by atoms with Gasteiger partial charge in [0.25, 0.3) is 0 Å². The number of phenols is 1. The lowest BCUT2D eigenvalue weighted by atomic mass is 10.00. The number of hydrogen-bond donors (Lipinski definition) is 2. The number of carboxylic acid groups (broad SMARTS) is 1. The highest BCUT2D eigenvalue weighted by molar-refractivity contribution is 5.77. The van der Waals surface area contributed by atoms with Gasteiger partial charge in [-0.25, -0.2) is 0 Å². The molecule has 0 radical (unpaired) electrons. The van der Waals surface area contributed by atoms with Gasteiger partial charge in [0, 0.05) is 5.56 Å². The van der Waals surface area contributed by atoms with Crippen molar-refractivity contribution in [1.82, 2.24) is 0 Å². The number of aliphatic carboxylic acids is 1. The van der Waals surface area contributed by atoms with E-state index in [9.17, 15) is 9.90 Å². The highest BCUT2D eigenvalue weighted by Crippen LogP contribution is 2.34. The summed E-state index contributed by atoms with van der Waals surface area (Å²) in [5, 5.41) is 18.2. The Kier molecular flexibility index (Phi) is 2.96. The SMILES string of the molecule is COc1c(O)cccc1[C@H](C)C(=O)O. The van der Waals surface area contributed by atoms with E-state index in [0.717, 1.165) is 0 Å². The lowest BCUT2D eigenvalue weighted by Gasteiger charge is -2.12. The molecule has 0 amide bonds. The molecule has 76 valence electrons. The van der Waals surface area contributed by atoms with E-state index < -0.39 is 11.9 Å². The Balaban J connectivity index is 3.20. The molecule has 0 aromatic heterocycles. The van der Waals surface area contributed by atoms with Crippen LogP contribution in [0.1, 0.15) is 18.4 Å². The van der Waals surface area contributed by atoms with Gasteiger partial charge in [-0.15, -0.1) is 0 Å². The number of hydrogen-bond acceptors (Lipinski definition) is 3. The Hall–Kier alpha value is -1.71. The predicted molar refractivity (Wildman–Crippen MR) is 50.7 cm³/mol. The molecule has 0 aliphatic rings. The van der Waals surface area contributed by atoms with Crippen LogP contribution in [0.5, 0.6) is 11.5 Å². The quantitative estimate of drug-likeness (QED) is 0.770. The first-order chi connectivity index (χ1) is 6.57. The van der Waals surface area contributed by atoms with Crippen LogP contribution >= 0.6 is 0 Å². The van der Waals surface area contributed by atoms with E-state index in [0.29, 0.717) is 5.56 Å². The van der Waals surface area contributed by atoms with Crippen LogP contribution in [0, 0.1) is 0 Å². The third kappa shape index (κ3) is 1.79. The summed E-state index contributed by atoms with van der Waals surface area (Å²) in [6.07, 6.45) is 0. The minimum Gasteiger partial charge on any atom is -0.504 e. The van der Waals surface area contributed by atoms with Crippen LogP contribution in [0.3, 0.4) is 0 Å². The van der Waals surface area contributed by atoms with Crippen LogP contribution in [0.2, 0.25) is 0 Å². The third-order valence-electron chi connectivity index (χ3n) is 2.07. The molecule has 0 bridgehead atoms. The average Bonchev–Trinajstić information content (AvgIpc) is 2.16. The summed E-state index contributed by atoms with van der Waals surface area (Å²) < 4.78 is 4.93. The number of carbonyl (C=O) groups is 1. The topological polar surface area (TPSA) is 66.8 Å². The number of benzene rings is 1. The largest absolute Gasteiger partial charge is 0.504 e. The van der Waals surface area contributed by atoms with Gasteiger partial charge in [0.05, 0.1) is 13.0 Å². The summed E-state index contributed by atoms with van der Waals surface area (Å²) in [6, 6.07) is 4.67. The van der Waals surface area contributed by atoms with Gasteiger partial charge in [-0.3, -0.25) is 4.79 Å². The molecular weight excluding hydrogens is 184 g/mol. The van der Waals surface area contributed by atoms with Gasteiger partial charge in [0.2, 0.25) is 0 Å². The Morgan fingerprint density at radius 1 is 1.50 bits per heavy atom. The summed E-state index contributed by atoms with van der Waals surface area (Å²) >= 11 is 0. The van der Waals surface area contributed by atoms with E-state index in [4.69, 9.17) is 9.84 Å². The number of methoxy groups -OCH3 is 1. The molecule has 0 saturated heterocycles. The number of aromatic hydroxyl groups is 1. The minimum absolute atomic E-state index is 0.0434. The zero-order valence-electron chi connectivity index (χ0n) is 8.02. The molecular formula is C10H12O4. The lowest BCUT2D eigenvalue weighted by molar-refractivity contribution is -0.138. The van der Waals surface area contributed by atoms with Crippen LogP contribution in [0.15, 0.2) is 18.2 Å². The zero-order chi connectivity index (χ0) is 10.7. The molecule has 0 fully saturated rings. The highest BCUT2D eigenvalue weighted by atomic mass is 16.5. The van der Waals surface area contributed by atoms with Gasteiger partial charge < -0.3 is 14.9 Å². The molecule has 14 heavy (non-hydrogen) atoms. The fourth-order valence-electron chi connectivity index (χ4n) is 1.24. The molecule has 0 saturated carbocycles. The lowest BCUT2D eigenvalue weighted by Crippen LogP contribution is -2.08. The maximum atomic E-state index is 10.7. The molecule has 0 heterocycles. The van der Waals surface area contributed by atoms with Crippen molar-refractivity contribution in [3.63, 3.8) is 0 Å². The van der Waals surface area contributed by atoms with Crippen LogP contribution in [-0.4, -0.2) is 23.3 Å². The average molecular weight is 196 g/mol. The molecule has 0 spiro atoms. The van der Waals surface area contributed by atoms with E-state index in [1.807, 2.05) is 0 Å². The van der Waals surface area contributed by atoms with E-state index in [-0.39, 0.29) is 11.5 Å². The fraction of sp³-hybridized carbons (Fsp3) is 0.300. The molecule has 1 aromatic rings. The Morgan fingerprint density at radius 3 is 2.64 bits per heavy atom. The van der Waals surface area contributed by atoms with Crippen LogP contribution < -0.4 is 4.74 Å². The minimum atomic E-state index is -0.950. The normalized spacial score (nSPS) is 12.1. The second-order valence-corrected chi connectivity index (χ2v) is 2.96. The maximum absolute atomic E-state index is 10.7. The monoisotopic (exact) mass is 196 g/mol. The van der Waals surface area contributed by atoms with Crippen molar-refractivity contribution in [1.29, 1.82) is 0 Å². The molecule has 1 atom stereocenters. The van der Waals surface area contributed by atoms with Crippen molar-refractivity contribution in [2.24, 2.45) is 0 Å². The van der Waals surface area contributed by atoms with E-state index >= 15 is 0 Å². The van der Waals surface area contributed by atoms with E-state index in [1.54, 1.807) is 19.1 Å². The van der Waals surface area contributed by atoms with Gasteiger partial charge in [-0.2, -0.15) is 0 Å². The van der Waals surface area contributed by atoms with Gasteiger partial charge >= 0.3 is 5.97 Å². The molecule has 4 heteroatoms. The highest BCUT2D eigenvalue weighted by Gasteiger charge is 2.19. The van der Waals surface area contributed by atoms with Crippen molar-refractivity contribution in [3.05, 3.63) is 23.8 Å². The molecule has 0 aliphatic heterocycles. The first-order valence-electron chi connectivity index (χ1n) is 4.16. The van der Waals surface area contributed by atoms with Crippen molar-refractivity contribution in [2.45, 2.75) is 12.8 Å². The first-order valence-corrected chi connectivity index (χ1v) is 4.16. The summed E-state index contributed by atoms with van der Waals surface area (Å²) in [5.41, 5.74) is 0.472. The maximum Gasteiger partial charge on any atom is 0.310 e. The number of para-hydroxylation sites is 1. The number of carboxylic acids is 1. The van der Waals surface area contributed by atoms with Gasteiger partial charge in [-0.05, 0) is 13.0 Å². The summed E-state index contributed by atoms with van der Waals surface area (Å²) in [7, 11) is 1.40. The molecule has 1 aromatic carbocycles. The standard InChI is InChI=1S/C10H12O4/c1-6(10(12)13)7-4-3-5-8(11)9(7)14-2/h3-6,11H,1-2H3,(H,12,13)/t6-/m0/s1. The van der Waals surface area contributed by atoms with Crippen molar-refractivity contribution < 1.29 is 19.7 Å². The van der Waals surface area contributed by atoms with Crippen LogP contribution in [0.25, 0.3) is 0 Å². The summed E-state index contributed by atoms with van der Waals surface area (Å²) in [5.74, 6) is -1.47. The van der Waals surface area contributed by atoms with Gasteiger partial charge in [0.15, 0.2) is 11.5 Å². The number of phenolic OH excluding ortho intramolecular Hbond substituents is 1. The number of ether oxygens (including phenoxy) is 1. The predicted octanol–water partition coefficient (Wildman–Crippen LogP) is 1.59. The Morgan fingerprint density at radius 2 is 2.14 bits per heavy atom. The third-order valence-corrected chi connectivity index (χ3v) is 2.07. The van der Waals surface area contributed by atoms with Gasteiger partial charge in [-0.1, -0.05) is 12.1 Å². The van der Waals surface area contributed by atoms with Crippen LogP contribution in [-0.2, 0) is 4.79 Å². The van der Waals surface area contributed by atoms with Crippen molar-refractivity contribution in [3.8, 4) is 11.5 Å². The van der Waals surface area contributed by atoms with Crippen molar-refractivity contribution >= 4 is 5.97 Å². The van der Waals surface area contributed by atoms with Crippen LogP contribution in [0.4, 0.5) is 0 Å². The zero-order valence-corrected chi connectivity index (χ0v) is 8.02. The second-order valence-electron chi connectivity index (χ2n) is 2.96. The Labute approximate surface area is 81.8 Å². The van der Waals surface area contributed by atoms with Gasteiger partial charge in [0.1, 0.15) is 0 Å².